The van der Waals surface area contributed by atoms with E-state index < -0.39 is 4.92 Å². The number of aromatic nitrogens is 2. The molecule has 7 nitrogen and oxygen atoms in total. The maximum atomic E-state index is 10.9. The largest absolute Gasteiger partial charge is 0.362 e. The Morgan fingerprint density at radius 2 is 2.22 bits per heavy atom. The molecule has 1 aliphatic rings. The first kappa shape index (κ1) is 15.0. The molecule has 3 rings (SSSR count). The number of benzene rings is 1. The van der Waals surface area contributed by atoms with Crippen molar-refractivity contribution in [2.45, 2.75) is 25.3 Å². The van der Waals surface area contributed by atoms with Gasteiger partial charge in [-0.2, -0.15) is 10.4 Å². The molecule has 23 heavy (non-hydrogen) atoms. The molecule has 1 aromatic carbocycles. The second-order valence-corrected chi connectivity index (χ2v) is 5.66. The van der Waals surface area contributed by atoms with Crippen LogP contribution in [0.2, 0.25) is 0 Å². The second-order valence-electron chi connectivity index (χ2n) is 5.66. The molecular weight excluding hydrogens is 294 g/mol. The summed E-state index contributed by atoms with van der Waals surface area (Å²) in [6.07, 6.45) is 4.89. The van der Waals surface area contributed by atoms with Gasteiger partial charge in [0.2, 0.25) is 0 Å². The lowest BCUT2D eigenvalue weighted by Gasteiger charge is -2.38. The van der Waals surface area contributed by atoms with Gasteiger partial charge in [-0.05, 0) is 31.4 Å². The predicted molar refractivity (Wildman–Crippen MR) is 85.0 cm³/mol. The van der Waals surface area contributed by atoms with Gasteiger partial charge in [-0.1, -0.05) is 0 Å². The fourth-order valence-corrected chi connectivity index (χ4v) is 3.22. The van der Waals surface area contributed by atoms with Crippen LogP contribution in [0.5, 0.6) is 0 Å². The van der Waals surface area contributed by atoms with E-state index in [2.05, 4.69) is 16.1 Å². The minimum absolute atomic E-state index is 0.0561. The van der Waals surface area contributed by atoms with Crippen molar-refractivity contribution >= 4 is 11.4 Å². The highest BCUT2D eigenvalue weighted by Gasteiger charge is 2.28. The van der Waals surface area contributed by atoms with Crippen LogP contribution in [0, 0.1) is 21.4 Å². The molecule has 1 aliphatic heterocycles. The Balaban J connectivity index is 2.03. The quantitative estimate of drug-likeness (QED) is 0.642. The third-order valence-electron chi connectivity index (χ3n) is 4.32. The lowest BCUT2D eigenvalue weighted by molar-refractivity contribution is -0.384. The van der Waals surface area contributed by atoms with Crippen molar-refractivity contribution in [2.75, 3.05) is 11.4 Å². The maximum absolute atomic E-state index is 10.9. The first-order valence-corrected chi connectivity index (χ1v) is 7.55. The molecule has 0 N–H and O–H groups in total. The molecule has 1 atom stereocenters. The summed E-state index contributed by atoms with van der Waals surface area (Å²) < 4.78 is 1.85. The Bertz CT molecular complexity index is 777. The van der Waals surface area contributed by atoms with Crippen molar-refractivity contribution in [2.24, 2.45) is 7.05 Å². The summed E-state index contributed by atoms with van der Waals surface area (Å²) >= 11 is 0. The summed E-state index contributed by atoms with van der Waals surface area (Å²) in [5, 5.41) is 24.6. The zero-order valence-electron chi connectivity index (χ0n) is 12.8. The molecule has 1 unspecified atom stereocenters. The summed E-state index contributed by atoms with van der Waals surface area (Å²) in [4.78, 5) is 12.6. The zero-order valence-corrected chi connectivity index (χ0v) is 12.8. The Kier molecular flexibility index (Phi) is 3.98. The Labute approximate surface area is 133 Å². The van der Waals surface area contributed by atoms with Crippen LogP contribution in [0.1, 0.15) is 36.6 Å². The number of nitro benzene ring substituents is 1. The van der Waals surface area contributed by atoms with Crippen molar-refractivity contribution in [1.82, 2.24) is 9.78 Å². The van der Waals surface area contributed by atoms with Gasteiger partial charge in [-0.25, -0.2) is 0 Å². The Hall–Kier alpha value is -2.88. The lowest BCUT2D eigenvalue weighted by atomic mass is 9.97. The Morgan fingerprint density at radius 3 is 2.87 bits per heavy atom. The number of hydrogen-bond donors (Lipinski definition) is 0. The number of nitro groups is 1. The molecule has 1 saturated heterocycles. The summed E-state index contributed by atoms with van der Waals surface area (Å²) in [6, 6.07) is 8.72. The van der Waals surface area contributed by atoms with Gasteiger partial charge in [-0.3, -0.25) is 14.8 Å². The smallest absolute Gasteiger partial charge is 0.270 e. The molecule has 0 spiro atoms. The standard InChI is InChI=1S/C16H17N5O2/c1-19-15(7-8-18-19)16-4-2-3-9-20(16)14-6-5-13(21(22)23)10-12(14)11-17/h5-8,10,16H,2-4,9H2,1H3. The van der Waals surface area contributed by atoms with Gasteiger partial charge in [-0.15, -0.1) is 0 Å². The summed E-state index contributed by atoms with van der Waals surface area (Å²) in [6.45, 7) is 0.822. The fourth-order valence-electron chi connectivity index (χ4n) is 3.22. The van der Waals surface area contributed by atoms with Gasteiger partial charge in [0.05, 0.1) is 27.9 Å². The monoisotopic (exact) mass is 311 g/mol. The average molecular weight is 311 g/mol. The predicted octanol–water partition coefficient (Wildman–Crippen LogP) is 2.93. The van der Waals surface area contributed by atoms with Crippen LogP contribution < -0.4 is 4.90 Å². The first-order valence-electron chi connectivity index (χ1n) is 7.55. The summed E-state index contributed by atoms with van der Waals surface area (Å²) in [5.41, 5.74) is 2.13. The summed E-state index contributed by atoms with van der Waals surface area (Å²) in [7, 11) is 1.91. The van der Waals surface area contributed by atoms with Gasteiger partial charge in [0.15, 0.2) is 0 Å². The molecule has 118 valence electrons. The molecule has 0 radical (unpaired) electrons. The highest BCUT2D eigenvalue weighted by molar-refractivity contribution is 5.64. The van der Waals surface area contributed by atoms with Gasteiger partial charge in [0, 0.05) is 31.9 Å². The van der Waals surface area contributed by atoms with Crippen molar-refractivity contribution in [3.05, 3.63) is 51.8 Å². The third-order valence-corrected chi connectivity index (χ3v) is 4.32. The highest BCUT2D eigenvalue weighted by Crippen LogP contribution is 2.37. The topological polar surface area (TPSA) is 88.0 Å². The number of hydrogen-bond acceptors (Lipinski definition) is 5. The molecule has 1 aromatic heterocycles. The number of aryl methyl sites for hydroxylation is 1. The summed E-state index contributed by atoms with van der Waals surface area (Å²) in [5.74, 6) is 0. The van der Waals surface area contributed by atoms with Gasteiger partial charge >= 0.3 is 0 Å². The van der Waals surface area contributed by atoms with Crippen LogP contribution in [0.4, 0.5) is 11.4 Å². The highest BCUT2D eigenvalue weighted by atomic mass is 16.6. The molecule has 2 heterocycles. The molecule has 1 fully saturated rings. The minimum atomic E-state index is -0.473. The maximum Gasteiger partial charge on any atom is 0.270 e. The molecule has 2 aromatic rings. The van der Waals surface area contributed by atoms with Crippen LogP contribution in [-0.2, 0) is 7.05 Å². The SMILES string of the molecule is Cn1nccc1C1CCCCN1c1ccc([N+](=O)[O-])cc1C#N. The lowest BCUT2D eigenvalue weighted by Crippen LogP contribution is -2.35. The zero-order chi connectivity index (χ0) is 16.4. The molecule has 0 amide bonds. The van der Waals surface area contributed by atoms with Crippen molar-refractivity contribution in [1.29, 1.82) is 5.26 Å². The number of piperidine rings is 1. The van der Waals surface area contributed by atoms with E-state index in [-0.39, 0.29) is 11.7 Å². The van der Waals surface area contributed by atoms with Gasteiger partial charge < -0.3 is 4.90 Å². The van der Waals surface area contributed by atoms with E-state index in [1.807, 2.05) is 17.8 Å². The van der Waals surface area contributed by atoms with Crippen LogP contribution >= 0.6 is 0 Å². The van der Waals surface area contributed by atoms with E-state index in [1.165, 1.54) is 12.1 Å². The number of nitriles is 1. The van der Waals surface area contributed by atoms with Crippen LogP contribution in [0.15, 0.2) is 30.5 Å². The van der Waals surface area contributed by atoms with Crippen LogP contribution in [0.25, 0.3) is 0 Å². The van der Waals surface area contributed by atoms with E-state index in [4.69, 9.17) is 0 Å². The van der Waals surface area contributed by atoms with Gasteiger partial charge in [0.25, 0.3) is 5.69 Å². The van der Waals surface area contributed by atoms with E-state index in [0.717, 1.165) is 37.2 Å². The van der Waals surface area contributed by atoms with E-state index in [0.29, 0.717) is 5.56 Å². The second kappa shape index (κ2) is 6.08. The van der Waals surface area contributed by atoms with E-state index in [1.54, 1.807) is 12.3 Å². The van der Waals surface area contributed by atoms with Crippen molar-refractivity contribution in [3.63, 3.8) is 0 Å². The average Bonchev–Trinajstić information content (AvgIpc) is 3.00. The minimum Gasteiger partial charge on any atom is -0.362 e. The van der Waals surface area contributed by atoms with Crippen LogP contribution in [-0.4, -0.2) is 21.2 Å². The number of rotatable bonds is 3. The van der Waals surface area contributed by atoms with Gasteiger partial charge in [0.1, 0.15) is 6.07 Å². The first-order chi connectivity index (χ1) is 11.1. The molecule has 0 saturated carbocycles. The third kappa shape index (κ3) is 2.75. The number of nitrogens with zero attached hydrogens (tertiary/aromatic N) is 5. The molecular formula is C16H17N5O2. The van der Waals surface area contributed by atoms with E-state index >= 15 is 0 Å². The fraction of sp³-hybridized carbons (Fsp3) is 0.375. The van der Waals surface area contributed by atoms with Crippen molar-refractivity contribution < 1.29 is 4.92 Å². The van der Waals surface area contributed by atoms with Crippen molar-refractivity contribution in [3.8, 4) is 6.07 Å². The Morgan fingerprint density at radius 1 is 1.39 bits per heavy atom. The molecule has 7 heteroatoms. The normalized spacial score (nSPS) is 17.7. The number of anilines is 1. The molecule has 0 aliphatic carbocycles. The van der Waals surface area contributed by atoms with Crippen LogP contribution in [0.3, 0.4) is 0 Å². The number of non-ortho nitro benzene ring substituents is 1. The molecule has 0 bridgehead atoms. The van der Waals surface area contributed by atoms with E-state index in [9.17, 15) is 15.4 Å².